The number of thiophene rings is 1. The fraction of sp³-hybridized carbons (Fsp3) is 0.500. The van der Waals surface area contributed by atoms with Crippen LogP contribution in [0.25, 0.3) is 0 Å². The molecule has 0 aliphatic heterocycles. The quantitative estimate of drug-likeness (QED) is 0.903. The highest BCUT2D eigenvalue weighted by Crippen LogP contribution is 2.37. The van der Waals surface area contributed by atoms with Gasteiger partial charge >= 0.3 is 0 Å². The summed E-state index contributed by atoms with van der Waals surface area (Å²) in [6.07, 6.45) is 4.94. The number of hydrogen-bond donors (Lipinski definition) is 2. The minimum absolute atomic E-state index is 0.0101. The zero-order valence-corrected chi connectivity index (χ0v) is 13.3. The van der Waals surface area contributed by atoms with Crippen LogP contribution in [0, 0.1) is 19.8 Å². The first-order chi connectivity index (χ1) is 10.2. The van der Waals surface area contributed by atoms with Crippen LogP contribution in [0.5, 0.6) is 0 Å². The Kier molecular flexibility index (Phi) is 4.10. The molecule has 1 saturated carbocycles. The van der Waals surface area contributed by atoms with E-state index in [9.17, 15) is 4.79 Å². The van der Waals surface area contributed by atoms with Gasteiger partial charge in [0.1, 0.15) is 0 Å². The van der Waals surface area contributed by atoms with Crippen molar-refractivity contribution in [1.82, 2.24) is 15.5 Å². The van der Waals surface area contributed by atoms with Crippen LogP contribution in [0.2, 0.25) is 0 Å². The van der Waals surface area contributed by atoms with Gasteiger partial charge in [0.15, 0.2) is 0 Å². The molecular weight excluding hydrogens is 282 g/mol. The van der Waals surface area contributed by atoms with Crippen LogP contribution in [0.15, 0.2) is 17.5 Å². The predicted molar refractivity (Wildman–Crippen MR) is 84.5 cm³/mol. The van der Waals surface area contributed by atoms with Crippen LogP contribution in [-0.4, -0.2) is 16.1 Å². The van der Waals surface area contributed by atoms with Crippen molar-refractivity contribution in [2.24, 2.45) is 5.92 Å². The Hall–Kier alpha value is -1.62. The fourth-order valence-corrected chi connectivity index (χ4v) is 4.15. The zero-order chi connectivity index (χ0) is 14.8. The molecule has 0 radical (unpaired) electrons. The first-order valence-electron chi connectivity index (χ1n) is 7.52. The molecule has 2 N–H and O–H groups in total. The number of aromatic amines is 1. The molecule has 5 heteroatoms. The highest BCUT2D eigenvalue weighted by molar-refractivity contribution is 7.10. The van der Waals surface area contributed by atoms with Gasteiger partial charge in [-0.05, 0) is 44.1 Å². The third-order valence-electron chi connectivity index (χ3n) is 4.36. The van der Waals surface area contributed by atoms with Crippen molar-refractivity contribution in [3.63, 3.8) is 0 Å². The zero-order valence-electron chi connectivity index (χ0n) is 12.5. The summed E-state index contributed by atoms with van der Waals surface area (Å²) in [5.41, 5.74) is 2.29. The molecule has 1 fully saturated rings. The molecule has 0 bridgehead atoms. The monoisotopic (exact) mass is 303 g/mol. The van der Waals surface area contributed by atoms with Crippen molar-refractivity contribution in [3.8, 4) is 0 Å². The molecule has 0 saturated heterocycles. The summed E-state index contributed by atoms with van der Waals surface area (Å²) in [5, 5.41) is 12.3. The maximum absolute atomic E-state index is 12.6. The second-order valence-electron chi connectivity index (χ2n) is 5.82. The maximum Gasteiger partial charge on any atom is 0.255 e. The number of carbonyl (C=O) groups is 1. The summed E-state index contributed by atoms with van der Waals surface area (Å²) in [7, 11) is 0. The van der Waals surface area contributed by atoms with Gasteiger partial charge in [0.2, 0.25) is 0 Å². The number of H-pyrrole nitrogens is 1. The highest BCUT2D eigenvalue weighted by atomic mass is 32.1. The molecule has 21 heavy (non-hydrogen) atoms. The summed E-state index contributed by atoms with van der Waals surface area (Å²) >= 11 is 1.73. The van der Waals surface area contributed by atoms with E-state index in [2.05, 4.69) is 33.0 Å². The van der Waals surface area contributed by atoms with E-state index >= 15 is 0 Å². The molecule has 112 valence electrons. The standard InChI is InChI=1S/C16H21N3OS/c1-10-14(11(2)19-18-10)16(20)17-15(12-6-3-4-7-12)13-8-5-9-21-13/h5,8-9,12,15H,3-4,6-7H2,1-2H3,(H,17,20)(H,18,19). The van der Waals surface area contributed by atoms with E-state index in [1.54, 1.807) is 11.3 Å². The van der Waals surface area contributed by atoms with Crippen LogP contribution in [0.4, 0.5) is 0 Å². The molecule has 1 atom stereocenters. The minimum Gasteiger partial charge on any atom is -0.344 e. The molecular formula is C16H21N3OS. The highest BCUT2D eigenvalue weighted by Gasteiger charge is 2.29. The van der Waals surface area contributed by atoms with Crippen LogP contribution in [-0.2, 0) is 0 Å². The van der Waals surface area contributed by atoms with E-state index in [1.165, 1.54) is 30.6 Å². The molecule has 3 rings (SSSR count). The van der Waals surface area contributed by atoms with Gasteiger partial charge in [-0.1, -0.05) is 18.9 Å². The van der Waals surface area contributed by atoms with Crippen LogP contribution >= 0.6 is 11.3 Å². The van der Waals surface area contributed by atoms with Crippen LogP contribution in [0.1, 0.15) is 58.3 Å². The van der Waals surface area contributed by atoms with Crippen molar-refractivity contribution in [2.45, 2.75) is 45.6 Å². The molecule has 0 spiro atoms. The Labute approximate surface area is 129 Å². The van der Waals surface area contributed by atoms with E-state index in [-0.39, 0.29) is 11.9 Å². The summed E-state index contributed by atoms with van der Waals surface area (Å²) in [4.78, 5) is 13.9. The topological polar surface area (TPSA) is 57.8 Å². The first-order valence-corrected chi connectivity index (χ1v) is 8.40. The average molecular weight is 303 g/mol. The van der Waals surface area contributed by atoms with Gasteiger partial charge in [-0.2, -0.15) is 5.10 Å². The molecule has 1 aliphatic rings. The lowest BCUT2D eigenvalue weighted by Gasteiger charge is -2.23. The Bertz CT molecular complexity index is 592. The van der Waals surface area contributed by atoms with E-state index < -0.39 is 0 Å². The first kappa shape index (κ1) is 14.3. The maximum atomic E-state index is 12.6. The number of amides is 1. The smallest absolute Gasteiger partial charge is 0.255 e. The van der Waals surface area contributed by atoms with Gasteiger partial charge in [-0.25, -0.2) is 0 Å². The van der Waals surface area contributed by atoms with E-state index in [0.717, 1.165) is 11.4 Å². The molecule has 2 heterocycles. The summed E-state index contributed by atoms with van der Waals surface area (Å²) in [5.74, 6) is 0.546. The summed E-state index contributed by atoms with van der Waals surface area (Å²) in [6.45, 7) is 3.76. The summed E-state index contributed by atoms with van der Waals surface area (Å²) < 4.78 is 0. The molecule has 1 amide bonds. The second kappa shape index (κ2) is 6.02. The van der Waals surface area contributed by atoms with Crippen molar-refractivity contribution < 1.29 is 4.79 Å². The van der Waals surface area contributed by atoms with Gasteiger partial charge in [0.05, 0.1) is 17.3 Å². The van der Waals surface area contributed by atoms with Gasteiger partial charge < -0.3 is 5.32 Å². The molecule has 4 nitrogen and oxygen atoms in total. The van der Waals surface area contributed by atoms with Gasteiger partial charge in [0, 0.05) is 10.6 Å². The summed E-state index contributed by atoms with van der Waals surface area (Å²) in [6, 6.07) is 4.32. The lowest BCUT2D eigenvalue weighted by atomic mass is 9.96. The predicted octanol–water partition coefficient (Wildman–Crippen LogP) is 3.75. The normalized spacial score (nSPS) is 17.0. The van der Waals surface area contributed by atoms with E-state index in [1.807, 2.05) is 13.8 Å². The van der Waals surface area contributed by atoms with Gasteiger partial charge in [-0.15, -0.1) is 11.3 Å². The van der Waals surface area contributed by atoms with Crippen molar-refractivity contribution >= 4 is 17.2 Å². The fourth-order valence-electron chi connectivity index (χ4n) is 3.28. The molecule has 1 aliphatic carbocycles. The number of nitrogens with one attached hydrogen (secondary N) is 2. The lowest BCUT2D eigenvalue weighted by molar-refractivity contribution is 0.0921. The Morgan fingerprint density at radius 3 is 2.76 bits per heavy atom. The van der Waals surface area contributed by atoms with Crippen molar-refractivity contribution in [2.75, 3.05) is 0 Å². The third-order valence-corrected chi connectivity index (χ3v) is 5.32. The average Bonchev–Trinajstić information content (AvgIpc) is 3.18. The Balaban J connectivity index is 1.83. The third kappa shape index (κ3) is 2.88. The Morgan fingerprint density at radius 1 is 1.43 bits per heavy atom. The largest absolute Gasteiger partial charge is 0.344 e. The number of nitrogens with zero attached hydrogens (tertiary/aromatic N) is 1. The lowest BCUT2D eigenvalue weighted by Crippen LogP contribution is -2.32. The molecule has 2 aromatic heterocycles. The number of aryl methyl sites for hydroxylation is 2. The second-order valence-corrected chi connectivity index (χ2v) is 6.80. The molecule has 2 aromatic rings. The van der Waals surface area contributed by atoms with Crippen molar-refractivity contribution in [1.29, 1.82) is 0 Å². The van der Waals surface area contributed by atoms with Crippen LogP contribution in [0.3, 0.4) is 0 Å². The van der Waals surface area contributed by atoms with Crippen LogP contribution < -0.4 is 5.32 Å². The minimum atomic E-state index is -0.0101. The van der Waals surface area contributed by atoms with E-state index in [0.29, 0.717) is 11.5 Å². The number of hydrogen-bond acceptors (Lipinski definition) is 3. The molecule has 1 unspecified atom stereocenters. The SMILES string of the molecule is Cc1n[nH]c(C)c1C(=O)NC(c1cccs1)C1CCCC1. The van der Waals surface area contributed by atoms with Gasteiger partial charge in [-0.3, -0.25) is 9.89 Å². The van der Waals surface area contributed by atoms with E-state index in [4.69, 9.17) is 0 Å². The van der Waals surface area contributed by atoms with Gasteiger partial charge in [0.25, 0.3) is 5.91 Å². The number of rotatable bonds is 4. The number of carbonyl (C=O) groups excluding carboxylic acids is 1. The molecule has 0 aromatic carbocycles. The number of aromatic nitrogens is 2. The van der Waals surface area contributed by atoms with Crippen molar-refractivity contribution in [3.05, 3.63) is 39.3 Å². The Morgan fingerprint density at radius 2 is 2.19 bits per heavy atom.